The van der Waals surface area contributed by atoms with E-state index in [9.17, 15) is 19.2 Å². The summed E-state index contributed by atoms with van der Waals surface area (Å²) in [4.78, 5) is 51.2. The van der Waals surface area contributed by atoms with E-state index in [-0.39, 0.29) is 34.5 Å². The molecule has 0 aromatic heterocycles. The van der Waals surface area contributed by atoms with Gasteiger partial charge in [0.25, 0.3) is 17.7 Å². The van der Waals surface area contributed by atoms with Crippen LogP contribution in [0, 0.1) is 3.57 Å². The number of methoxy groups -OCH3 is 1. The van der Waals surface area contributed by atoms with Gasteiger partial charge in [0, 0.05) is 5.69 Å². The van der Waals surface area contributed by atoms with Crippen LogP contribution in [0.3, 0.4) is 0 Å². The third-order valence-corrected chi connectivity index (χ3v) is 6.28. The van der Waals surface area contributed by atoms with Crippen molar-refractivity contribution in [3.05, 3.63) is 86.5 Å². The van der Waals surface area contributed by atoms with Crippen LogP contribution >= 0.6 is 34.2 Å². The lowest BCUT2D eigenvalue weighted by Crippen LogP contribution is -2.54. The molecule has 0 radical (unpaired) electrons. The number of halogens is 2. The first-order valence-electron chi connectivity index (χ1n) is 10.8. The lowest BCUT2D eigenvalue weighted by molar-refractivity contribution is -0.122. The molecule has 0 bridgehead atoms. The zero-order valence-electron chi connectivity index (χ0n) is 19.3. The maximum absolute atomic E-state index is 13.2. The first-order chi connectivity index (χ1) is 17.8. The van der Waals surface area contributed by atoms with Gasteiger partial charge >= 0.3 is 6.03 Å². The highest BCUT2D eigenvalue weighted by atomic mass is 127. The van der Waals surface area contributed by atoms with Gasteiger partial charge in [-0.05, 0) is 70.6 Å². The number of nitrogens with zero attached hydrogens (tertiary/aromatic N) is 1. The lowest BCUT2D eigenvalue weighted by Gasteiger charge is -2.27. The van der Waals surface area contributed by atoms with Crippen molar-refractivity contribution in [2.75, 3.05) is 23.9 Å². The van der Waals surface area contributed by atoms with Crippen LogP contribution in [0.5, 0.6) is 11.5 Å². The molecular formula is C26H19ClIN3O6. The Morgan fingerprint density at radius 3 is 2.49 bits per heavy atom. The molecule has 1 saturated heterocycles. The smallest absolute Gasteiger partial charge is 0.335 e. The molecule has 11 heteroatoms. The monoisotopic (exact) mass is 631 g/mol. The zero-order chi connectivity index (χ0) is 26.5. The maximum Gasteiger partial charge on any atom is 0.335 e. The van der Waals surface area contributed by atoms with Crippen LogP contribution in [0.15, 0.2) is 72.3 Å². The molecule has 1 aliphatic heterocycles. The quantitative estimate of drug-likeness (QED) is 0.223. The molecule has 0 aliphatic carbocycles. The second-order valence-electron chi connectivity index (χ2n) is 7.65. The number of amides is 5. The number of barbiturate groups is 1. The topological polar surface area (TPSA) is 114 Å². The zero-order valence-corrected chi connectivity index (χ0v) is 22.2. The van der Waals surface area contributed by atoms with Crippen molar-refractivity contribution >= 4 is 75.4 Å². The normalized spacial score (nSPS) is 14.4. The average Bonchev–Trinajstić information content (AvgIpc) is 2.87. The number of urea groups is 1. The van der Waals surface area contributed by atoms with Crippen molar-refractivity contribution in [3.63, 3.8) is 0 Å². The van der Waals surface area contributed by atoms with Crippen molar-refractivity contribution in [2.45, 2.75) is 0 Å². The number of nitrogens with one attached hydrogen (secondary N) is 2. The van der Waals surface area contributed by atoms with Crippen LogP contribution in [-0.4, -0.2) is 37.5 Å². The van der Waals surface area contributed by atoms with Gasteiger partial charge in [-0.15, -0.1) is 0 Å². The molecule has 4 rings (SSSR count). The molecule has 2 N–H and O–H groups in total. The van der Waals surface area contributed by atoms with Crippen LogP contribution in [0.25, 0.3) is 6.08 Å². The van der Waals surface area contributed by atoms with E-state index >= 15 is 0 Å². The summed E-state index contributed by atoms with van der Waals surface area (Å²) in [6.45, 7) is -0.266. The fraction of sp³-hybridized carbons (Fsp3) is 0.0769. The van der Waals surface area contributed by atoms with E-state index in [0.29, 0.717) is 20.6 Å². The van der Waals surface area contributed by atoms with Gasteiger partial charge in [-0.3, -0.25) is 19.7 Å². The predicted octanol–water partition coefficient (Wildman–Crippen LogP) is 4.64. The Bertz CT molecular complexity index is 1430. The molecule has 1 heterocycles. The van der Waals surface area contributed by atoms with Gasteiger partial charge in [0.05, 0.1) is 21.4 Å². The van der Waals surface area contributed by atoms with Gasteiger partial charge in [-0.1, -0.05) is 41.9 Å². The number of hydrogen-bond donors (Lipinski definition) is 2. The summed E-state index contributed by atoms with van der Waals surface area (Å²) in [6, 6.07) is 17.6. The largest absolute Gasteiger partial charge is 0.493 e. The van der Waals surface area contributed by atoms with Gasteiger partial charge in [0.1, 0.15) is 5.57 Å². The van der Waals surface area contributed by atoms with Crippen LogP contribution in [0.2, 0.25) is 5.02 Å². The first-order valence-corrected chi connectivity index (χ1v) is 12.3. The molecule has 3 aromatic rings. The van der Waals surface area contributed by atoms with Crippen molar-refractivity contribution in [1.29, 1.82) is 0 Å². The number of carbonyl (C=O) groups excluding carboxylic acids is 4. The van der Waals surface area contributed by atoms with Crippen LogP contribution in [0.1, 0.15) is 5.56 Å². The number of benzene rings is 3. The Morgan fingerprint density at radius 1 is 1.08 bits per heavy atom. The summed E-state index contributed by atoms with van der Waals surface area (Å²) in [6.07, 6.45) is 1.34. The van der Waals surface area contributed by atoms with E-state index in [1.54, 1.807) is 48.5 Å². The minimum atomic E-state index is -0.898. The second kappa shape index (κ2) is 11.4. The predicted molar refractivity (Wildman–Crippen MR) is 147 cm³/mol. The van der Waals surface area contributed by atoms with Crippen LogP contribution in [-0.2, 0) is 14.4 Å². The summed E-state index contributed by atoms with van der Waals surface area (Å²) in [5, 5.41) is 5.07. The molecule has 1 aliphatic rings. The molecule has 3 aromatic carbocycles. The van der Waals surface area contributed by atoms with Crippen LogP contribution in [0.4, 0.5) is 16.2 Å². The van der Waals surface area contributed by atoms with E-state index in [2.05, 4.69) is 10.6 Å². The summed E-state index contributed by atoms with van der Waals surface area (Å²) < 4.78 is 11.7. The van der Waals surface area contributed by atoms with Gasteiger partial charge in [0.15, 0.2) is 18.1 Å². The molecular weight excluding hydrogens is 613 g/mol. The molecule has 0 unspecified atom stereocenters. The number of carbonyl (C=O) groups is 4. The number of anilines is 2. The van der Waals surface area contributed by atoms with E-state index in [4.69, 9.17) is 21.1 Å². The number of ether oxygens (including phenoxy) is 2. The van der Waals surface area contributed by atoms with Crippen molar-refractivity contribution < 1.29 is 28.7 Å². The van der Waals surface area contributed by atoms with Gasteiger partial charge in [-0.25, -0.2) is 9.69 Å². The molecule has 37 heavy (non-hydrogen) atoms. The molecule has 0 saturated carbocycles. The molecule has 9 nitrogen and oxygen atoms in total. The summed E-state index contributed by atoms with van der Waals surface area (Å²) in [7, 11) is 1.43. The number of para-hydroxylation sites is 2. The van der Waals surface area contributed by atoms with E-state index < -0.39 is 17.8 Å². The van der Waals surface area contributed by atoms with Crippen molar-refractivity contribution in [3.8, 4) is 11.5 Å². The molecule has 0 spiro atoms. The Balaban J connectivity index is 1.58. The van der Waals surface area contributed by atoms with E-state index in [1.165, 1.54) is 25.3 Å². The number of hydrogen-bond acceptors (Lipinski definition) is 6. The lowest BCUT2D eigenvalue weighted by atomic mass is 10.1. The Labute approximate surface area is 230 Å². The SMILES string of the molecule is COc1cc(/C=C2\C(=O)NC(=O)N(c3ccccc3Cl)C2=O)cc(I)c1OCC(=O)Nc1ccccc1. The summed E-state index contributed by atoms with van der Waals surface area (Å²) >= 11 is 8.17. The Kier molecular flexibility index (Phi) is 8.09. The molecule has 0 atom stereocenters. The molecule has 5 amide bonds. The minimum absolute atomic E-state index is 0.148. The summed E-state index contributed by atoms with van der Waals surface area (Å²) in [5.41, 5.74) is 0.955. The number of rotatable bonds is 7. The summed E-state index contributed by atoms with van der Waals surface area (Å²) in [5.74, 6) is -1.42. The van der Waals surface area contributed by atoms with Crippen molar-refractivity contribution in [1.82, 2.24) is 5.32 Å². The number of imide groups is 2. The van der Waals surface area contributed by atoms with E-state index in [0.717, 1.165) is 4.90 Å². The molecule has 1 fully saturated rings. The van der Waals surface area contributed by atoms with Gasteiger partial charge in [-0.2, -0.15) is 0 Å². The molecule has 188 valence electrons. The third kappa shape index (κ3) is 5.92. The highest BCUT2D eigenvalue weighted by Crippen LogP contribution is 2.35. The standard InChI is InChI=1S/C26H19ClIN3O6/c1-36-21-13-15(12-19(28)23(21)37-14-22(32)29-16-7-3-2-4-8-16)11-17-24(33)30-26(35)31(25(17)34)20-10-6-5-9-18(20)27/h2-13H,14H2,1H3,(H,29,32)(H,30,33,35)/b17-11+. The van der Waals surface area contributed by atoms with Gasteiger partial charge < -0.3 is 14.8 Å². The maximum atomic E-state index is 13.2. The van der Waals surface area contributed by atoms with Crippen molar-refractivity contribution in [2.24, 2.45) is 0 Å². The fourth-order valence-corrected chi connectivity index (χ4v) is 4.50. The average molecular weight is 632 g/mol. The van der Waals surface area contributed by atoms with E-state index in [1.807, 2.05) is 28.7 Å². The van der Waals surface area contributed by atoms with Crippen LogP contribution < -0.4 is 25.0 Å². The van der Waals surface area contributed by atoms with Gasteiger partial charge in [0.2, 0.25) is 0 Å². The fourth-order valence-electron chi connectivity index (χ4n) is 3.50. The minimum Gasteiger partial charge on any atom is -0.493 e. The Morgan fingerprint density at radius 2 is 1.78 bits per heavy atom. The highest BCUT2D eigenvalue weighted by molar-refractivity contribution is 14.1. The second-order valence-corrected chi connectivity index (χ2v) is 9.22. The Hall–Kier alpha value is -3.90. The third-order valence-electron chi connectivity index (χ3n) is 5.16. The highest BCUT2D eigenvalue weighted by Gasteiger charge is 2.37. The first kappa shape index (κ1) is 26.2.